The van der Waals surface area contributed by atoms with Crippen LogP contribution in [0.15, 0.2) is 66.9 Å². The zero-order valence-corrected chi connectivity index (χ0v) is 19.1. The molecule has 3 aromatic rings. The molecule has 1 aromatic heterocycles. The summed E-state index contributed by atoms with van der Waals surface area (Å²) in [6.07, 6.45) is 3.57. The lowest BCUT2D eigenvalue weighted by Crippen LogP contribution is -2.40. The molecule has 0 aliphatic carbocycles. The second-order valence-electron chi connectivity index (χ2n) is 8.70. The second kappa shape index (κ2) is 9.55. The molecule has 0 radical (unpaired) electrons. The molecule has 1 unspecified atom stereocenters. The van der Waals surface area contributed by atoms with Crippen molar-refractivity contribution >= 4 is 17.5 Å². The maximum Gasteiger partial charge on any atom is 0.262 e. The fraction of sp³-hybridized carbons (Fsp3) is 0.296. The lowest BCUT2D eigenvalue weighted by Gasteiger charge is -2.37. The summed E-state index contributed by atoms with van der Waals surface area (Å²) in [6, 6.07) is 19.8. The summed E-state index contributed by atoms with van der Waals surface area (Å²) < 4.78 is 10.8. The van der Waals surface area contributed by atoms with Gasteiger partial charge in [-0.1, -0.05) is 30.3 Å². The minimum atomic E-state index is -0.211. The molecule has 1 saturated heterocycles. The molecule has 1 fully saturated rings. The van der Waals surface area contributed by atoms with Crippen LogP contribution in [0.1, 0.15) is 40.2 Å². The minimum absolute atomic E-state index is 0.000259. The number of methoxy groups -OCH3 is 1. The lowest BCUT2D eigenvalue weighted by molar-refractivity contribution is -0.118. The topological polar surface area (TPSA) is 80.8 Å². The lowest BCUT2D eigenvalue weighted by atomic mass is 9.76. The van der Waals surface area contributed by atoms with Gasteiger partial charge in [-0.05, 0) is 54.2 Å². The van der Waals surface area contributed by atoms with Crippen molar-refractivity contribution < 1.29 is 19.1 Å². The van der Waals surface area contributed by atoms with Crippen molar-refractivity contribution in [3.63, 3.8) is 0 Å². The van der Waals surface area contributed by atoms with Crippen LogP contribution in [-0.2, 0) is 4.79 Å². The fourth-order valence-corrected chi connectivity index (χ4v) is 4.96. The summed E-state index contributed by atoms with van der Waals surface area (Å²) in [5, 5.41) is 2.78. The van der Waals surface area contributed by atoms with Gasteiger partial charge >= 0.3 is 0 Å². The van der Waals surface area contributed by atoms with E-state index in [1.807, 2.05) is 17.0 Å². The molecule has 2 aliphatic rings. The molecular weight excluding hydrogens is 430 g/mol. The number of ether oxygens (including phenoxy) is 2. The molecule has 174 valence electrons. The van der Waals surface area contributed by atoms with E-state index in [1.165, 1.54) is 11.1 Å². The van der Waals surface area contributed by atoms with Gasteiger partial charge in [-0.25, -0.2) is 4.98 Å². The number of aromatic nitrogens is 1. The smallest absolute Gasteiger partial charge is 0.262 e. The Hall–Kier alpha value is -3.87. The first-order chi connectivity index (χ1) is 16.6. The van der Waals surface area contributed by atoms with Crippen molar-refractivity contribution in [3.05, 3.63) is 83.6 Å². The normalized spacial score (nSPS) is 16.7. The maximum atomic E-state index is 13.2. The van der Waals surface area contributed by atoms with Crippen LogP contribution in [0.2, 0.25) is 0 Å². The predicted molar refractivity (Wildman–Crippen MR) is 128 cm³/mol. The van der Waals surface area contributed by atoms with Crippen molar-refractivity contribution in [1.29, 1.82) is 0 Å². The summed E-state index contributed by atoms with van der Waals surface area (Å²) in [5.74, 6) is 1.55. The van der Waals surface area contributed by atoms with Crippen LogP contribution in [0.4, 0.5) is 5.69 Å². The Morgan fingerprint density at radius 3 is 2.65 bits per heavy atom. The van der Waals surface area contributed by atoms with Crippen LogP contribution in [-0.4, -0.2) is 48.5 Å². The Morgan fingerprint density at radius 1 is 1.09 bits per heavy atom. The number of nitrogens with one attached hydrogen (secondary N) is 1. The summed E-state index contributed by atoms with van der Waals surface area (Å²) >= 11 is 0. The van der Waals surface area contributed by atoms with Gasteiger partial charge in [0.25, 0.3) is 11.8 Å². The van der Waals surface area contributed by atoms with Gasteiger partial charge in [0, 0.05) is 36.8 Å². The van der Waals surface area contributed by atoms with Crippen LogP contribution >= 0.6 is 0 Å². The number of pyridine rings is 1. The van der Waals surface area contributed by atoms with Gasteiger partial charge in [0.1, 0.15) is 5.75 Å². The first kappa shape index (κ1) is 21.9. The molecule has 34 heavy (non-hydrogen) atoms. The van der Waals surface area contributed by atoms with Crippen LogP contribution in [0.25, 0.3) is 0 Å². The van der Waals surface area contributed by atoms with E-state index in [4.69, 9.17) is 9.47 Å². The Morgan fingerprint density at radius 2 is 1.88 bits per heavy atom. The number of carbonyl (C=O) groups excluding carboxylic acids is 2. The highest BCUT2D eigenvalue weighted by Gasteiger charge is 2.31. The first-order valence-electron chi connectivity index (χ1n) is 11.5. The van der Waals surface area contributed by atoms with Crippen molar-refractivity contribution in [2.75, 3.05) is 32.1 Å². The molecule has 7 heteroatoms. The van der Waals surface area contributed by atoms with Gasteiger partial charge in [0.2, 0.25) is 5.88 Å². The van der Waals surface area contributed by atoms with Crippen molar-refractivity contribution in [2.45, 2.75) is 18.8 Å². The van der Waals surface area contributed by atoms with Crippen LogP contribution in [0.5, 0.6) is 11.6 Å². The van der Waals surface area contributed by atoms with E-state index in [9.17, 15) is 9.59 Å². The number of piperidine rings is 1. The van der Waals surface area contributed by atoms with Crippen LogP contribution in [0.3, 0.4) is 0 Å². The minimum Gasteiger partial charge on any atom is -0.482 e. The summed E-state index contributed by atoms with van der Waals surface area (Å²) in [4.78, 5) is 31.0. The van der Waals surface area contributed by atoms with Crippen LogP contribution in [0, 0.1) is 5.92 Å². The standard InChI is InChI=1S/C27H27N3O4/c1-33-25-16-20(9-12-28-25)26(18-5-3-2-4-6-18)19-10-13-30(14-11-19)27(32)21-7-8-23-22(15-21)29-24(31)17-34-23/h2-9,12,15-16,19,26H,10-11,13-14,17H2,1H3,(H,29,31). The Kier molecular flexibility index (Phi) is 6.16. The number of likely N-dealkylation sites (tertiary alicyclic amines) is 1. The summed E-state index contributed by atoms with van der Waals surface area (Å²) in [5.41, 5.74) is 3.54. The number of anilines is 1. The number of fused-ring (bicyclic) bond motifs is 1. The quantitative estimate of drug-likeness (QED) is 0.624. The third-order valence-corrected chi connectivity index (χ3v) is 6.64. The molecule has 0 saturated carbocycles. The van der Waals surface area contributed by atoms with Gasteiger partial charge in [-0.15, -0.1) is 0 Å². The zero-order valence-electron chi connectivity index (χ0n) is 19.1. The molecule has 7 nitrogen and oxygen atoms in total. The molecule has 2 aromatic carbocycles. The van der Waals surface area contributed by atoms with E-state index in [-0.39, 0.29) is 24.3 Å². The van der Waals surface area contributed by atoms with E-state index >= 15 is 0 Å². The number of hydrogen-bond acceptors (Lipinski definition) is 5. The monoisotopic (exact) mass is 457 g/mol. The maximum absolute atomic E-state index is 13.2. The van der Waals surface area contributed by atoms with Crippen molar-refractivity contribution in [3.8, 4) is 11.6 Å². The Bertz CT molecular complexity index is 1190. The molecule has 0 spiro atoms. The molecule has 1 atom stereocenters. The average molecular weight is 458 g/mol. The van der Waals surface area contributed by atoms with Crippen molar-refractivity contribution in [1.82, 2.24) is 9.88 Å². The highest BCUT2D eigenvalue weighted by Crippen LogP contribution is 2.39. The molecule has 1 N–H and O–H groups in total. The van der Waals surface area contributed by atoms with Gasteiger partial charge in [-0.2, -0.15) is 0 Å². The number of rotatable bonds is 5. The highest BCUT2D eigenvalue weighted by atomic mass is 16.5. The van der Waals surface area contributed by atoms with Crippen LogP contribution < -0.4 is 14.8 Å². The Balaban J connectivity index is 1.33. The number of hydrogen-bond donors (Lipinski definition) is 1. The molecule has 3 heterocycles. The first-order valence-corrected chi connectivity index (χ1v) is 11.5. The second-order valence-corrected chi connectivity index (χ2v) is 8.70. The van der Waals surface area contributed by atoms with Crippen molar-refractivity contribution in [2.24, 2.45) is 5.92 Å². The summed E-state index contributed by atoms with van der Waals surface area (Å²) in [7, 11) is 1.63. The molecule has 2 amide bonds. The number of nitrogens with zero attached hydrogens (tertiary/aromatic N) is 2. The SMILES string of the molecule is COc1cc(C(c2ccccc2)C2CCN(C(=O)c3ccc4c(c3)NC(=O)CO4)CC2)ccn1. The average Bonchev–Trinajstić information content (AvgIpc) is 2.89. The van der Waals surface area contributed by atoms with Gasteiger partial charge < -0.3 is 19.7 Å². The molecule has 0 bridgehead atoms. The molecule has 5 rings (SSSR count). The van der Waals surface area contributed by atoms with E-state index in [1.54, 1.807) is 31.5 Å². The van der Waals surface area contributed by atoms with Gasteiger partial charge in [0.05, 0.1) is 12.8 Å². The third-order valence-electron chi connectivity index (χ3n) is 6.64. The van der Waals surface area contributed by atoms with E-state index in [2.05, 4.69) is 40.6 Å². The van der Waals surface area contributed by atoms with E-state index < -0.39 is 0 Å². The molecule has 2 aliphatic heterocycles. The van der Waals surface area contributed by atoms with Gasteiger partial charge in [-0.3, -0.25) is 9.59 Å². The largest absolute Gasteiger partial charge is 0.482 e. The fourth-order valence-electron chi connectivity index (χ4n) is 4.96. The third kappa shape index (κ3) is 4.46. The van der Waals surface area contributed by atoms with E-state index in [0.717, 1.165) is 12.8 Å². The number of carbonyl (C=O) groups is 2. The predicted octanol–water partition coefficient (Wildman–Crippen LogP) is 4.11. The highest BCUT2D eigenvalue weighted by molar-refractivity contribution is 5.99. The van der Waals surface area contributed by atoms with Gasteiger partial charge in [0.15, 0.2) is 6.61 Å². The number of amides is 2. The zero-order chi connectivity index (χ0) is 23.5. The Labute approximate surface area is 198 Å². The van der Waals surface area contributed by atoms with E-state index in [0.29, 0.717) is 41.9 Å². The number of benzene rings is 2. The summed E-state index contributed by atoms with van der Waals surface area (Å²) in [6.45, 7) is 1.35. The molecular formula is C27H27N3O4.